The second kappa shape index (κ2) is 4.09. The van der Waals surface area contributed by atoms with Gasteiger partial charge < -0.3 is 0 Å². The summed E-state index contributed by atoms with van der Waals surface area (Å²) < 4.78 is 35.5. The minimum absolute atomic E-state index is 0.292. The van der Waals surface area contributed by atoms with E-state index in [1.165, 1.54) is 13.0 Å². The van der Waals surface area contributed by atoms with Crippen LogP contribution in [0.3, 0.4) is 0 Å². The summed E-state index contributed by atoms with van der Waals surface area (Å²) in [7, 11) is 0. The van der Waals surface area contributed by atoms with E-state index >= 15 is 0 Å². The predicted molar refractivity (Wildman–Crippen MR) is 43.1 cm³/mol. The van der Waals surface area contributed by atoms with Crippen molar-refractivity contribution in [2.45, 2.75) is 20.0 Å². The largest absolute Gasteiger partial charge is 0.432 e. The van der Waals surface area contributed by atoms with Crippen LogP contribution in [0.25, 0.3) is 0 Å². The van der Waals surface area contributed by atoms with E-state index in [4.69, 9.17) is 0 Å². The lowest BCUT2D eigenvalue weighted by molar-refractivity contribution is -0.0919. The third-order valence-electron chi connectivity index (χ3n) is 1.05. The van der Waals surface area contributed by atoms with Crippen LogP contribution in [-0.4, -0.2) is 11.9 Å². The van der Waals surface area contributed by atoms with E-state index < -0.39 is 11.9 Å². The van der Waals surface area contributed by atoms with Gasteiger partial charge in [0, 0.05) is 5.71 Å². The van der Waals surface area contributed by atoms with Gasteiger partial charge in [-0.05, 0) is 19.9 Å². The number of halogens is 3. The Morgan fingerprint density at radius 3 is 2.25 bits per heavy atom. The van der Waals surface area contributed by atoms with Crippen LogP contribution in [0.2, 0.25) is 0 Å². The zero-order valence-corrected chi connectivity index (χ0v) is 6.94. The lowest BCUT2D eigenvalue weighted by atomic mass is 10.3. The predicted octanol–water partition coefficient (Wildman–Crippen LogP) is 3.10. The van der Waals surface area contributed by atoms with Crippen molar-refractivity contribution in [2.75, 3.05) is 0 Å². The number of rotatable bonds is 2. The zero-order valence-electron chi connectivity index (χ0n) is 6.94. The van der Waals surface area contributed by atoms with Crippen LogP contribution in [0.15, 0.2) is 29.4 Å². The average molecular weight is 177 g/mol. The van der Waals surface area contributed by atoms with Crippen molar-refractivity contribution in [3.63, 3.8) is 0 Å². The molecule has 0 spiro atoms. The minimum Gasteiger partial charge on any atom is -0.249 e. The lowest BCUT2D eigenvalue weighted by Gasteiger charge is -2.04. The van der Waals surface area contributed by atoms with Gasteiger partial charge in [0.1, 0.15) is 5.70 Å². The Morgan fingerprint density at radius 1 is 1.42 bits per heavy atom. The number of hydrogen-bond acceptors (Lipinski definition) is 1. The fraction of sp³-hybridized carbons (Fsp3) is 0.375. The number of hydrogen-bond donors (Lipinski definition) is 0. The van der Waals surface area contributed by atoms with E-state index in [1.54, 1.807) is 13.0 Å². The maximum Gasteiger partial charge on any atom is 0.432 e. The fourth-order valence-electron chi connectivity index (χ4n) is 0.555. The van der Waals surface area contributed by atoms with Gasteiger partial charge in [0.05, 0.1) is 0 Å². The van der Waals surface area contributed by atoms with Crippen LogP contribution in [0.5, 0.6) is 0 Å². The molecule has 0 N–H and O–H groups in total. The minimum atomic E-state index is -4.43. The molecule has 0 rings (SSSR count). The van der Waals surface area contributed by atoms with Gasteiger partial charge in [0.2, 0.25) is 0 Å². The molecule has 1 nitrogen and oxygen atoms in total. The quantitative estimate of drug-likeness (QED) is 0.574. The molecule has 0 amide bonds. The molecule has 4 heteroatoms. The number of nitrogens with zero attached hydrogens (tertiary/aromatic N) is 1. The van der Waals surface area contributed by atoms with E-state index in [0.717, 1.165) is 0 Å². The van der Waals surface area contributed by atoms with Gasteiger partial charge in [-0.15, -0.1) is 0 Å². The van der Waals surface area contributed by atoms with Crippen molar-refractivity contribution in [1.82, 2.24) is 0 Å². The molecule has 12 heavy (non-hydrogen) atoms. The third kappa shape index (κ3) is 3.95. The molecule has 0 aliphatic heterocycles. The standard InChI is InChI=1S/C8H10F3N/c1-4-5-6(2)12-7(3)8(9,10)11/h4-5H,3H2,1-2H3/b5-4-,12-6-. The highest BCUT2D eigenvalue weighted by Crippen LogP contribution is 2.24. The molecular formula is C8H10F3N. The third-order valence-corrected chi connectivity index (χ3v) is 1.05. The van der Waals surface area contributed by atoms with Crippen LogP contribution in [-0.2, 0) is 0 Å². The van der Waals surface area contributed by atoms with Crippen molar-refractivity contribution in [3.8, 4) is 0 Å². The molecule has 0 fully saturated rings. The van der Waals surface area contributed by atoms with Crippen LogP contribution in [0.1, 0.15) is 13.8 Å². The molecule has 0 aliphatic carbocycles. The van der Waals surface area contributed by atoms with Crippen molar-refractivity contribution >= 4 is 5.71 Å². The first-order valence-corrected chi connectivity index (χ1v) is 3.32. The van der Waals surface area contributed by atoms with Crippen molar-refractivity contribution in [3.05, 3.63) is 24.4 Å². The molecule has 0 unspecified atom stereocenters. The highest BCUT2D eigenvalue weighted by atomic mass is 19.4. The van der Waals surface area contributed by atoms with Gasteiger partial charge >= 0.3 is 6.18 Å². The van der Waals surface area contributed by atoms with Crippen LogP contribution in [0.4, 0.5) is 13.2 Å². The van der Waals surface area contributed by atoms with E-state index in [1.807, 2.05) is 0 Å². The van der Waals surface area contributed by atoms with E-state index in [9.17, 15) is 13.2 Å². The summed E-state index contributed by atoms with van der Waals surface area (Å²) in [5.41, 5.74) is -0.780. The Bertz CT molecular complexity index is 223. The Balaban J connectivity index is 4.45. The molecule has 0 bridgehead atoms. The van der Waals surface area contributed by atoms with Crippen LogP contribution < -0.4 is 0 Å². The topological polar surface area (TPSA) is 12.4 Å². The number of aliphatic imine (C=N–C) groups is 1. The van der Waals surface area contributed by atoms with Crippen molar-refractivity contribution in [2.24, 2.45) is 4.99 Å². The summed E-state index contributed by atoms with van der Waals surface area (Å²) in [5, 5.41) is 0. The lowest BCUT2D eigenvalue weighted by Crippen LogP contribution is -2.09. The Kier molecular flexibility index (Phi) is 3.73. The van der Waals surface area contributed by atoms with Crippen LogP contribution >= 0.6 is 0 Å². The van der Waals surface area contributed by atoms with Crippen molar-refractivity contribution < 1.29 is 13.2 Å². The molecule has 0 aromatic carbocycles. The second-order valence-corrected chi connectivity index (χ2v) is 2.20. The van der Waals surface area contributed by atoms with E-state index in [0.29, 0.717) is 5.71 Å². The molecule has 0 aromatic heterocycles. The normalized spacial score (nSPS) is 13.9. The maximum atomic E-state index is 11.8. The fourth-order valence-corrected chi connectivity index (χ4v) is 0.555. The summed E-state index contributed by atoms with van der Waals surface area (Å²) in [6, 6.07) is 0. The summed E-state index contributed by atoms with van der Waals surface area (Å²) >= 11 is 0. The van der Waals surface area contributed by atoms with Gasteiger partial charge in [0.15, 0.2) is 0 Å². The Morgan fingerprint density at radius 2 is 1.92 bits per heavy atom. The summed E-state index contributed by atoms with van der Waals surface area (Å²) in [6.07, 6.45) is -1.33. The van der Waals surface area contributed by atoms with Gasteiger partial charge in [-0.1, -0.05) is 12.7 Å². The summed E-state index contributed by atoms with van der Waals surface area (Å²) in [5.74, 6) is 0. The van der Waals surface area contributed by atoms with Gasteiger partial charge in [0.25, 0.3) is 0 Å². The van der Waals surface area contributed by atoms with Gasteiger partial charge in [-0.3, -0.25) is 0 Å². The van der Waals surface area contributed by atoms with Gasteiger partial charge in [-0.2, -0.15) is 13.2 Å². The molecule has 68 valence electrons. The molecule has 0 aliphatic rings. The highest BCUT2D eigenvalue weighted by Gasteiger charge is 2.31. The van der Waals surface area contributed by atoms with E-state index in [-0.39, 0.29) is 0 Å². The smallest absolute Gasteiger partial charge is 0.249 e. The first kappa shape index (κ1) is 10.9. The van der Waals surface area contributed by atoms with Gasteiger partial charge in [-0.25, -0.2) is 4.99 Å². The molecule has 0 saturated carbocycles. The molecule has 0 saturated heterocycles. The SMILES string of the molecule is C=C(/N=C(C)\C=C/C)C(F)(F)F. The first-order chi connectivity index (χ1) is 5.38. The maximum absolute atomic E-state index is 11.8. The molecule has 0 heterocycles. The Labute approximate surface area is 69.3 Å². The average Bonchev–Trinajstić information content (AvgIpc) is 1.85. The highest BCUT2D eigenvalue weighted by molar-refractivity contribution is 5.93. The van der Waals surface area contributed by atoms with Crippen molar-refractivity contribution in [1.29, 1.82) is 0 Å². The molecule has 0 radical (unpaired) electrons. The molecule has 0 atom stereocenters. The first-order valence-electron chi connectivity index (χ1n) is 3.32. The van der Waals surface area contributed by atoms with E-state index in [2.05, 4.69) is 11.6 Å². The Hall–Kier alpha value is -1.06. The monoisotopic (exact) mass is 177 g/mol. The van der Waals surface area contributed by atoms with Crippen LogP contribution in [0, 0.1) is 0 Å². The number of allylic oxidation sites excluding steroid dienone is 3. The number of alkyl halides is 3. The zero-order chi connectivity index (χ0) is 9.78. The molecule has 0 aromatic rings. The second-order valence-electron chi connectivity index (χ2n) is 2.20. The molecular weight excluding hydrogens is 167 g/mol. The summed E-state index contributed by atoms with van der Waals surface area (Å²) in [4.78, 5) is 3.25. The summed E-state index contributed by atoms with van der Waals surface area (Å²) in [6.45, 7) is 5.99.